The number of nitrogens with zero attached hydrogens (tertiary/aromatic N) is 4. The second-order valence-corrected chi connectivity index (χ2v) is 22.8. The molecule has 2 fully saturated rings. The van der Waals surface area contributed by atoms with E-state index in [1.165, 1.54) is 40.9 Å². The summed E-state index contributed by atoms with van der Waals surface area (Å²) in [6.45, 7) is -7.91. The van der Waals surface area contributed by atoms with Gasteiger partial charge >= 0.3 is 25.6 Å². The Kier molecular flexibility index (Phi) is 13.8. The van der Waals surface area contributed by atoms with Crippen LogP contribution in [0.1, 0.15) is 22.7 Å². The number of rotatable bonds is 11. The number of benzene rings is 6. The van der Waals surface area contributed by atoms with E-state index in [-0.39, 0.29) is 52.5 Å². The largest absolute Gasteiger partial charge is 0.435 e. The Morgan fingerprint density at radius 2 is 1.14 bits per heavy atom. The highest BCUT2D eigenvalue weighted by Gasteiger charge is 2.47. The predicted octanol–water partition coefficient (Wildman–Crippen LogP) is 11.8. The summed E-state index contributed by atoms with van der Waals surface area (Å²) in [5, 5.41) is 0. The molecule has 402 valence electrons. The molecule has 0 bridgehead atoms. The topological polar surface area (TPSA) is 109 Å². The molecule has 6 aromatic carbocycles. The second kappa shape index (κ2) is 19.8. The molecule has 0 radical (unpaired) electrons. The zero-order chi connectivity index (χ0) is 54.2. The van der Waals surface area contributed by atoms with Gasteiger partial charge in [-0.25, -0.2) is 25.6 Å². The van der Waals surface area contributed by atoms with Crippen molar-refractivity contribution in [3.8, 4) is 33.8 Å². The molecule has 0 aromatic heterocycles. The summed E-state index contributed by atoms with van der Waals surface area (Å²) in [6.07, 6.45) is -10.3. The zero-order valence-electron chi connectivity index (χ0n) is 38.7. The molecular formula is C50H38F12N4O7S3. The lowest BCUT2D eigenvalue weighted by atomic mass is 9.93. The molecule has 10 rings (SSSR count). The van der Waals surface area contributed by atoms with Crippen molar-refractivity contribution in [1.29, 1.82) is 0 Å². The molecule has 4 aliphatic rings. The van der Waals surface area contributed by atoms with Gasteiger partial charge in [-0.3, -0.25) is 8.61 Å². The van der Waals surface area contributed by atoms with Crippen LogP contribution in [-0.2, 0) is 37.1 Å². The van der Waals surface area contributed by atoms with Gasteiger partial charge in [-0.2, -0.15) is 55.7 Å². The van der Waals surface area contributed by atoms with Crippen molar-refractivity contribution in [3.63, 3.8) is 0 Å². The van der Waals surface area contributed by atoms with Crippen LogP contribution in [0.5, 0.6) is 11.5 Å². The van der Waals surface area contributed by atoms with Gasteiger partial charge in [0.05, 0.1) is 88.1 Å². The standard InChI is InChI=1S/C50H38F12N4O7S3/c51-32-12-29(14-36(19-32)72-47(53)54)27-4-8-42-44(16-27)65(23-35-26-74-11-10-63(35)42)76(69,70)39-6-7-40(41(21-39)50(60,61)62)46-25-71-24-34-22-64(75(67,68)38-3-1-2-31(18-38)49(57,58)59)45-17-28(5-9-43(45)66(34)46)30-13-33(52)20-37(15-30)73-48(55)56/h1-9,12-21,34-35,46-48H,10-11,22-26H2/t34-,35?,46?/m1/s1. The highest BCUT2D eigenvalue weighted by atomic mass is 32.2. The predicted molar refractivity (Wildman–Crippen MR) is 257 cm³/mol. The first-order valence-electron chi connectivity index (χ1n) is 22.8. The lowest BCUT2D eigenvalue weighted by molar-refractivity contribution is -0.139. The fraction of sp³-hybridized carbons (Fsp3) is 0.280. The molecule has 2 unspecified atom stereocenters. The molecule has 4 heterocycles. The molecular weight excluding hydrogens is 1090 g/mol. The van der Waals surface area contributed by atoms with Crippen molar-refractivity contribution in [2.24, 2.45) is 0 Å². The average Bonchev–Trinajstić information content (AvgIpc) is 3.50. The van der Waals surface area contributed by atoms with Crippen LogP contribution in [0.2, 0.25) is 0 Å². The molecule has 0 N–H and O–H groups in total. The lowest BCUT2D eigenvalue weighted by Gasteiger charge is -2.50. The summed E-state index contributed by atoms with van der Waals surface area (Å²) in [5.41, 5.74) is -3.26. The maximum Gasteiger partial charge on any atom is 0.416 e. The third-order valence-corrected chi connectivity index (χ3v) is 17.9. The van der Waals surface area contributed by atoms with Crippen molar-refractivity contribution in [2.75, 3.05) is 62.8 Å². The van der Waals surface area contributed by atoms with Gasteiger partial charge in [0, 0.05) is 30.2 Å². The normalized spacial score (nSPS) is 19.1. The first-order chi connectivity index (χ1) is 35.9. The Bertz CT molecular complexity index is 3460. The minimum atomic E-state index is -5.27. The summed E-state index contributed by atoms with van der Waals surface area (Å²) in [6, 6.07) is 15.7. The van der Waals surface area contributed by atoms with Crippen molar-refractivity contribution >= 4 is 54.6 Å². The number of halogens is 12. The van der Waals surface area contributed by atoms with E-state index in [1.54, 1.807) is 6.07 Å². The van der Waals surface area contributed by atoms with Crippen LogP contribution in [0.15, 0.2) is 125 Å². The van der Waals surface area contributed by atoms with Gasteiger partial charge in [0.15, 0.2) is 0 Å². The SMILES string of the molecule is O=S(=O)(c1ccc(C2COC[C@H]3CN(S(=O)(=O)c4cccc(C(F)(F)F)c4)c4cc(-c5cc(F)cc(OC(F)F)c5)ccc4N23)c(C(F)(F)F)c1)N1CC2CSCCN2c2ccc(-c3cc(F)cc(OC(F)F)c3)cc21. The molecule has 2 saturated heterocycles. The van der Waals surface area contributed by atoms with Crippen LogP contribution in [0.4, 0.5) is 75.4 Å². The molecule has 3 atom stereocenters. The van der Waals surface area contributed by atoms with Crippen molar-refractivity contribution in [3.05, 3.63) is 144 Å². The van der Waals surface area contributed by atoms with Gasteiger partial charge in [0.1, 0.15) is 23.1 Å². The minimum Gasteiger partial charge on any atom is -0.435 e. The van der Waals surface area contributed by atoms with E-state index in [0.717, 1.165) is 69.3 Å². The van der Waals surface area contributed by atoms with E-state index in [0.29, 0.717) is 48.0 Å². The maximum absolute atomic E-state index is 15.7. The number of hydrogen-bond donors (Lipinski definition) is 0. The van der Waals surface area contributed by atoms with Crippen LogP contribution in [-0.4, -0.2) is 86.5 Å². The Balaban J connectivity index is 1.08. The second-order valence-electron chi connectivity index (χ2n) is 17.9. The van der Waals surface area contributed by atoms with Gasteiger partial charge < -0.3 is 24.0 Å². The molecule has 11 nitrogen and oxygen atoms in total. The monoisotopic (exact) mass is 1130 g/mol. The lowest BCUT2D eigenvalue weighted by Crippen LogP contribution is -2.57. The van der Waals surface area contributed by atoms with Crippen molar-refractivity contribution < 1.29 is 83.7 Å². The molecule has 76 heavy (non-hydrogen) atoms. The Hall–Kier alpha value is -6.51. The molecule has 4 aliphatic heterocycles. The quantitative estimate of drug-likeness (QED) is 0.116. The number of sulfonamides is 2. The maximum atomic E-state index is 15.7. The van der Waals surface area contributed by atoms with E-state index in [1.807, 2.05) is 4.90 Å². The van der Waals surface area contributed by atoms with E-state index in [2.05, 4.69) is 9.47 Å². The molecule has 0 amide bonds. The number of ether oxygens (including phenoxy) is 3. The number of alkyl halides is 10. The minimum absolute atomic E-state index is 0.00680. The van der Waals surface area contributed by atoms with Gasteiger partial charge in [-0.15, -0.1) is 0 Å². The number of thioether (sulfide) groups is 1. The fourth-order valence-electron chi connectivity index (χ4n) is 10.0. The van der Waals surface area contributed by atoms with Gasteiger partial charge in [0.25, 0.3) is 20.0 Å². The summed E-state index contributed by atoms with van der Waals surface area (Å²) in [4.78, 5) is 1.75. The average molecular weight is 1130 g/mol. The number of anilines is 4. The Morgan fingerprint density at radius 3 is 1.72 bits per heavy atom. The summed E-state index contributed by atoms with van der Waals surface area (Å²) in [7, 11) is -9.93. The van der Waals surface area contributed by atoms with E-state index < -0.39 is 127 Å². The molecule has 0 spiro atoms. The smallest absolute Gasteiger partial charge is 0.416 e. The van der Waals surface area contributed by atoms with Crippen LogP contribution in [0.3, 0.4) is 0 Å². The Morgan fingerprint density at radius 1 is 0.579 bits per heavy atom. The third-order valence-electron chi connectivity index (χ3n) is 13.3. The van der Waals surface area contributed by atoms with Gasteiger partial charge in [0.2, 0.25) is 0 Å². The third kappa shape index (κ3) is 10.1. The molecule has 26 heteroatoms. The van der Waals surface area contributed by atoms with E-state index in [9.17, 15) is 56.3 Å². The van der Waals surface area contributed by atoms with Crippen molar-refractivity contribution in [1.82, 2.24) is 0 Å². The van der Waals surface area contributed by atoms with E-state index in [4.69, 9.17) is 4.74 Å². The number of morpholine rings is 1. The van der Waals surface area contributed by atoms with Gasteiger partial charge in [-0.1, -0.05) is 24.3 Å². The molecule has 0 saturated carbocycles. The first-order valence-corrected chi connectivity index (χ1v) is 26.8. The highest BCUT2D eigenvalue weighted by Crippen LogP contribution is 2.50. The summed E-state index contributed by atoms with van der Waals surface area (Å²) >= 11 is 1.54. The number of hydrogen-bond acceptors (Lipinski definition) is 10. The number of fused-ring (bicyclic) bond motifs is 6. The van der Waals surface area contributed by atoms with Gasteiger partial charge in [-0.05, 0) is 107 Å². The zero-order valence-corrected chi connectivity index (χ0v) is 41.2. The van der Waals surface area contributed by atoms with Crippen LogP contribution in [0.25, 0.3) is 22.3 Å². The summed E-state index contributed by atoms with van der Waals surface area (Å²) < 4.78 is 247. The fourth-order valence-corrected chi connectivity index (χ4v) is 14.2. The van der Waals surface area contributed by atoms with Crippen LogP contribution >= 0.6 is 11.8 Å². The van der Waals surface area contributed by atoms with Crippen LogP contribution < -0.4 is 27.9 Å². The molecule has 0 aliphatic carbocycles. The molecule has 6 aromatic rings. The van der Waals surface area contributed by atoms with Crippen molar-refractivity contribution in [2.45, 2.75) is 53.5 Å². The Labute approximate surface area is 430 Å². The van der Waals surface area contributed by atoms with E-state index >= 15 is 13.2 Å². The van der Waals surface area contributed by atoms with Crippen LogP contribution in [0, 0.1) is 11.6 Å². The highest BCUT2D eigenvalue weighted by molar-refractivity contribution is 7.99. The summed E-state index contributed by atoms with van der Waals surface area (Å²) in [5.74, 6) is -2.05. The first kappa shape index (κ1) is 52.9.